The summed E-state index contributed by atoms with van der Waals surface area (Å²) in [5, 5.41) is 4.00. The third-order valence-corrected chi connectivity index (χ3v) is 3.27. The fourth-order valence-electron chi connectivity index (χ4n) is 2.10. The Morgan fingerprint density at radius 1 is 1.32 bits per heavy atom. The molecule has 3 rings (SSSR count). The van der Waals surface area contributed by atoms with Crippen molar-refractivity contribution in [3.63, 3.8) is 0 Å². The summed E-state index contributed by atoms with van der Waals surface area (Å²) < 4.78 is 10.6. The van der Waals surface area contributed by atoms with E-state index in [1.54, 1.807) is 19.1 Å². The van der Waals surface area contributed by atoms with Crippen LogP contribution in [0.15, 0.2) is 28.8 Å². The maximum atomic E-state index is 11.2. The van der Waals surface area contributed by atoms with E-state index in [-0.39, 0.29) is 11.7 Å². The smallest absolute Gasteiger partial charge is 0.257 e. The molecule has 1 atom stereocenters. The van der Waals surface area contributed by atoms with Crippen molar-refractivity contribution in [2.75, 3.05) is 13.2 Å². The quantitative estimate of drug-likeness (QED) is 0.791. The zero-order valence-corrected chi connectivity index (χ0v) is 10.6. The predicted octanol–water partition coefficient (Wildman–Crippen LogP) is 2.44. The van der Waals surface area contributed by atoms with Crippen LogP contribution in [0.5, 0.6) is 0 Å². The van der Waals surface area contributed by atoms with Gasteiger partial charge in [0.1, 0.15) is 0 Å². The van der Waals surface area contributed by atoms with Crippen molar-refractivity contribution in [3.8, 4) is 11.5 Å². The van der Waals surface area contributed by atoms with Crippen LogP contribution < -0.4 is 0 Å². The molecule has 2 aromatic rings. The molecule has 5 nitrogen and oxygen atoms in total. The van der Waals surface area contributed by atoms with Gasteiger partial charge < -0.3 is 9.26 Å². The fraction of sp³-hybridized carbons (Fsp3) is 0.357. The topological polar surface area (TPSA) is 65.2 Å². The van der Waals surface area contributed by atoms with Crippen molar-refractivity contribution in [2.45, 2.75) is 19.3 Å². The summed E-state index contributed by atoms with van der Waals surface area (Å²) in [7, 11) is 0. The minimum atomic E-state index is 0.0425. The van der Waals surface area contributed by atoms with Crippen molar-refractivity contribution in [2.24, 2.45) is 0 Å². The van der Waals surface area contributed by atoms with E-state index in [2.05, 4.69) is 10.1 Å². The Balaban J connectivity index is 1.83. The lowest BCUT2D eigenvalue weighted by Crippen LogP contribution is -1.99. The van der Waals surface area contributed by atoms with E-state index in [0.717, 1.165) is 18.6 Å². The van der Waals surface area contributed by atoms with Crippen molar-refractivity contribution in [1.29, 1.82) is 0 Å². The van der Waals surface area contributed by atoms with Crippen LogP contribution in [0.4, 0.5) is 0 Å². The van der Waals surface area contributed by atoms with E-state index in [4.69, 9.17) is 9.26 Å². The Kier molecular flexibility index (Phi) is 3.13. The highest BCUT2D eigenvalue weighted by molar-refractivity contribution is 5.94. The zero-order chi connectivity index (χ0) is 13.2. The number of benzene rings is 1. The average Bonchev–Trinajstić information content (AvgIpc) is 3.10. The second kappa shape index (κ2) is 4.93. The molecule has 0 aliphatic carbocycles. The summed E-state index contributed by atoms with van der Waals surface area (Å²) in [6, 6.07) is 7.17. The van der Waals surface area contributed by atoms with E-state index < -0.39 is 0 Å². The number of carbonyl (C=O) groups is 1. The third kappa shape index (κ3) is 2.42. The number of Topliss-reactive ketones (excluding diaryl/α,β-unsaturated/α-hetero) is 1. The van der Waals surface area contributed by atoms with E-state index in [1.165, 1.54) is 0 Å². The molecule has 1 aliphatic heterocycles. The SMILES string of the molecule is CC(=O)c1ccc(-c2nc([C@@H]3CCOC3)no2)cc1. The number of carbonyl (C=O) groups excluding carboxylic acids is 1. The molecule has 2 heterocycles. The number of rotatable bonds is 3. The molecule has 0 unspecified atom stereocenters. The summed E-state index contributed by atoms with van der Waals surface area (Å²) in [6.45, 7) is 2.95. The van der Waals surface area contributed by atoms with E-state index >= 15 is 0 Å². The lowest BCUT2D eigenvalue weighted by atomic mass is 10.1. The second-order valence-electron chi connectivity index (χ2n) is 4.65. The molecule has 1 aliphatic rings. The number of aromatic nitrogens is 2. The van der Waals surface area contributed by atoms with Crippen LogP contribution in [0.3, 0.4) is 0 Å². The van der Waals surface area contributed by atoms with Gasteiger partial charge in [-0.1, -0.05) is 17.3 Å². The van der Waals surface area contributed by atoms with Gasteiger partial charge in [-0.3, -0.25) is 4.79 Å². The van der Waals surface area contributed by atoms with Gasteiger partial charge in [-0.05, 0) is 25.5 Å². The van der Waals surface area contributed by atoms with Gasteiger partial charge in [0.05, 0.1) is 6.61 Å². The largest absolute Gasteiger partial charge is 0.381 e. The molecule has 1 fully saturated rings. The summed E-state index contributed by atoms with van der Waals surface area (Å²) in [5.74, 6) is 1.45. The number of ether oxygens (including phenoxy) is 1. The molecule has 0 radical (unpaired) electrons. The minimum absolute atomic E-state index is 0.0425. The van der Waals surface area contributed by atoms with E-state index in [0.29, 0.717) is 23.9 Å². The van der Waals surface area contributed by atoms with E-state index in [1.807, 2.05) is 12.1 Å². The van der Waals surface area contributed by atoms with E-state index in [9.17, 15) is 4.79 Å². The molecule has 0 saturated carbocycles. The molecule has 1 aromatic carbocycles. The summed E-state index contributed by atoms with van der Waals surface area (Å²) in [4.78, 5) is 15.6. The first-order chi connectivity index (χ1) is 9.24. The van der Waals surface area contributed by atoms with Crippen LogP contribution in [0.1, 0.15) is 35.4 Å². The van der Waals surface area contributed by atoms with Crippen LogP contribution in [0, 0.1) is 0 Å². The van der Waals surface area contributed by atoms with Crippen LogP contribution >= 0.6 is 0 Å². The normalized spacial score (nSPS) is 18.7. The Morgan fingerprint density at radius 3 is 2.74 bits per heavy atom. The summed E-state index contributed by atoms with van der Waals surface area (Å²) in [6.07, 6.45) is 0.933. The van der Waals surface area contributed by atoms with Crippen LogP contribution in [0.25, 0.3) is 11.5 Å². The number of hydrogen-bond acceptors (Lipinski definition) is 5. The lowest BCUT2D eigenvalue weighted by molar-refractivity contribution is 0.101. The minimum Gasteiger partial charge on any atom is -0.381 e. The van der Waals surface area contributed by atoms with Gasteiger partial charge in [-0.15, -0.1) is 0 Å². The van der Waals surface area contributed by atoms with Gasteiger partial charge in [-0.25, -0.2) is 0 Å². The van der Waals surface area contributed by atoms with Gasteiger partial charge in [0.25, 0.3) is 5.89 Å². The Hall–Kier alpha value is -2.01. The van der Waals surface area contributed by atoms with Gasteiger partial charge in [0.15, 0.2) is 11.6 Å². The molecule has 98 valence electrons. The van der Waals surface area contributed by atoms with Gasteiger partial charge in [0, 0.05) is 23.7 Å². The van der Waals surface area contributed by atoms with Crippen LogP contribution in [0.2, 0.25) is 0 Å². The molecule has 5 heteroatoms. The predicted molar refractivity (Wildman–Crippen MR) is 67.9 cm³/mol. The van der Waals surface area contributed by atoms with Crippen LogP contribution in [-0.4, -0.2) is 29.1 Å². The average molecular weight is 258 g/mol. The standard InChI is InChI=1S/C14H14N2O3/c1-9(17)10-2-4-11(5-3-10)14-15-13(16-19-14)12-6-7-18-8-12/h2-5,12H,6-8H2,1H3/t12-/m1/s1. The van der Waals surface area contributed by atoms with Crippen molar-refractivity contribution < 1.29 is 14.1 Å². The first kappa shape index (κ1) is 12.0. The highest BCUT2D eigenvalue weighted by Crippen LogP contribution is 2.25. The summed E-state index contributed by atoms with van der Waals surface area (Å²) in [5.41, 5.74) is 1.50. The zero-order valence-electron chi connectivity index (χ0n) is 10.6. The molecule has 19 heavy (non-hydrogen) atoms. The number of nitrogens with zero attached hydrogens (tertiary/aromatic N) is 2. The first-order valence-electron chi connectivity index (χ1n) is 6.27. The van der Waals surface area contributed by atoms with Gasteiger partial charge in [-0.2, -0.15) is 4.98 Å². The maximum Gasteiger partial charge on any atom is 0.257 e. The molecule has 1 saturated heterocycles. The molecule has 0 spiro atoms. The lowest BCUT2D eigenvalue weighted by Gasteiger charge is -1.98. The van der Waals surface area contributed by atoms with Crippen LogP contribution in [-0.2, 0) is 4.74 Å². The van der Waals surface area contributed by atoms with Gasteiger partial charge in [0.2, 0.25) is 0 Å². The molecule has 0 N–H and O–H groups in total. The Bertz CT molecular complexity index is 583. The molecular formula is C14H14N2O3. The maximum absolute atomic E-state index is 11.2. The molecule has 1 aromatic heterocycles. The van der Waals surface area contributed by atoms with Crippen molar-refractivity contribution in [1.82, 2.24) is 10.1 Å². The van der Waals surface area contributed by atoms with Gasteiger partial charge >= 0.3 is 0 Å². The molecular weight excluding hydrogens is 244 g/mol. The Morgan fingerprint density at radius 2 is 2.11 bits per heavy atom. The fourth-order valence-corrected chi connectivity index (χ4v) is 2.10. The molecule has 0 amide bonds. The second-order valence-corrected chi connectivity index (χ2v) is 4.65. The third-order valence-electron chi connectivity index (χ3n) is 3.27. The number of ketones is 1. The highest BCUT2D eigenvalue weighted by atomic mass is 16.5. The monoisotopic (exact) mass is 258 g/mol. The van der Waals surface area contributed by atoms with Crippen molar-refractivity contribution >= 4 is 5.78 Å². The Labute approximate surface area is 110 Å². The highest BCUT2D eigenvalue weighted by Gasteiger charge is 2.23. The number of hydrogen-bond donors (Lipinski definition) is 0. The van der Waals surface area contributed by atoms with Crippen molar-refractivity contribution in [3.05, 3.63) is 35.7 Å². The molecule has 0 bridgehead atoms. The first-order valence-corrected chi connectivity index (χ1v) is 6.27. The summed E-state index contributed by atoms with van der Waals surface area (Å²) >= 11 is 0.